The standard InChI is InChI=1S/C13H16ClN3/c1-4-10(3)8-15-9-16-12-6-7-13(14)17-11(12)5-2/h4-8,15H,1,9H2,2-3H3/b10-8-,11-5+,16-12-. The smallest absolute Gasteiger partial charge is 0.129 e. The third-order valence-corrected chi connectivity index (χ3v) is 2.34. The van der Waals surface area contributed by atoms with Gasteiger partial charge in [0.15, 0.2) is 0 Å². The van der Waals surface area contributed by atoms with Gasteiger partial charge in [-0.1, -0.05) is 30.3 Å². The van der Waals surface area contributed by atoms with Crippen LogP contribution in [0, 0.1) is 0 Å². The molecule has 0 bridgehead atoms. The van der Waals surface area contributed by atoms with Gasteiger partial charge >= 0.3 is 0 Å². The van der Waals surface area contributed by atoms with E-state index in [-0.39, 0.29) is 0 Å². The van der Waals surface area contributed by atoms with Gasteiger partial charge in [0.1, 0.15) is 11.8 Å². The minimum absolute atomic E-state index is 0.479. The quantitative estimate of drug-likeness (QED) is 0.603. The largest absolute Gasteiger partial charge is 0.372 e. The molecule has 1 N–H and O–H groups in total. The van der Waals surface area contributed by atoms with Crippen LogP contribution in [0.2, 0.25) is 0 Å². The fourth-order valence-electron chi connectivity index (χ4n) is 1.19. The fraction of sp³-hybridized carbons (Fsp3) is 0.231. The summed E-state index contributed by atoms with van der Waals surface area (Å²) in [5, 5.41) is 3.55. The minimum atomic E-state index is 0.479. The lowest BCUT2D eigenvalue weighted by molar-refractivity contribution is 0.878. The number of aliphatic imine (C=N–C) groups is 2. The molecule has 0 spiro atoms. The second-order valence-corrected chi connectivity index (χ2v) is 3.83. The van der Waals surface area contributed by atoms with Crippen LogP contribution < -0.4 is 5.32 Å². The molecule has 1 aliphatic rings. The molecule has 0 aromatic carbocycles. The number of halogens is 1. The molecule has 0 aliphatic carbocycles. The van der Waals surface area contributed by atoms with E-state index >= 15 is 0 Å². The lowest BCUT2D eigenvalue weighted by atomic mass is 10.2. The van der Waals surface area contributed by atoms with E-state index in [9.17, 15) is 0 Å². The van der Waals surface area contributed by atoms with E-state index in [0.29, 0.717) is 11.8 Å². The zero-order valence-electron chi connectivity index (χ0n) is 10.1. The van der Waals surface area contributed by atoms with Gasteiger partial charge < -0.3 is 5.32 Å². The van der Waals surface area contributed by atoms with Gasteiger partial charge in [0.2, 0.25) is 0 Å². The molecule has 1 heterocycles. The summed E-state index contributed by atoms with van der Waals surface area (Å²) in [7, 11) is 0. The van der Waals surface area contributed by atoms with E-state index in [0.717, 1.165) is 17.0 Å². The molecule has 90 valence electrons. The van der Waals surface area contributed by atoms with Gasteiger partial charge in [-0.15, -0.1) is 0 Å². The van der Waals surface area contributed by atoms with E-state index in [1.807, 2.05) is 32.2 Å². The van der Waals surface area contributed by atoms with Crippen LogP contribution >= 0.6 is 11.6 Å². The Hall–Kier alpha value is -1.61. The number of hydrogen-bond donors (Lipinski definition) is 1. The molecule has 0 amide bonds. The van der Waals surface area contributed by atoms with Crippen molar-refractivity contribution in [2.75, 3.05) is 6.67 Å². The van der Waals surface area contributed by atoms with Crippen molar-refractivity contribution in [3.63, 3.8) is 0 Å². The molecule has 0 aromatic rings. The average molecular weight is 250 g/mol. The first-order valence-corrected chi connectivity index (χ1v) is 5.71. The monoisotopic (exact) mass is 249 g/mol. The summed E-state index contributed by atoms with van der Waals surface area (Å²) < 4.78 is 0. The Morgan fingerprint density at radius 3 is 3.00 bits per heavy atom. The molecule has 17 heavy (non-hydrogen) atoms. The van der Waals surface area contributed by atoms with Crippen LogP contribution in [0.15, 0.2) is 58.3 Å². The maximum absolute atomic E-state index is 5.81. The second-order valence-electron chi connectivity index (χ2n) is 3.44. The van der Waals surface area contributed by atoms with Gasteiger partial charge in [-0.25, -0.2) is 4.99 Å². The van der Waals surface area contributed by atoms with Crippen LogP contribution in [0.1, 0.15) is 13.8 Å². The highest BCUT2D eigenvalue weighted by atomic mass is 35.5. The lowest BCUT2D eigenvalue weighted by Crippen LogP contribution is -2.11. The highest BCUT2D eigenvalue weighted by Gasteiger charge is 2.06. The Balaban J connectivity index is 2.62. The first kappa shape index (κ1) is 13.5. The maximum Gasteiger partial charge on any atom is 0.129 e. The van der Waals surface area contributed by atoms with Crippen molar-refractivity contribution in [1.29, 1.82) is 0 Å². The maximum atomic E-state index is 5.81. The molecule has 1 rings (SSSR count). The normalized spacial score (nSPS) is 20.6. The molecular weight excluding hydrogens is 234 g/mol. The zero-order chi connectivity index (χ0) is 12.7. The van der Waals surface area contributed by atoms with Crippen molar-refractivity contribution in [2.45, 2.75) is 13.8 Å². The SMILES string of the molecule is C=C/C(C)=C\NC/N=C1/C=CC(Cl)=N/C1=C/C. The molecule has 3 nitrogen and oxygen atoms in total. The molecular formula is C13H16ClN3. The van der Waals surface area contributed by atoms with Crippen LogP contribution in [0.4, 0.5) is 0 Å². The average Bonchev–Trinajstić information content (AvgIpc) is 2.35. The minimum Gasteiger partial charge on any atom is -0.372 e. The number of allylic oxidation sites excluding steroid dienone is 5. The summed E-state index contributed by atoms with van der Waals surface area (Å²) >= 11 is 5.81. The van der Waals surface area contributed by atoms with E-state index in [2.05, 4.69) is 21.9 Å². The molecule has 0 aromatic heterocycles. The summed E-state index contributed by atoms with van der Waals surface area (Å²) in [5.41, 5.74) is 2.69. The Bertz CT molecular complexity index is 440. The summed E-state index contributed by atoms with van der Waals surface area (Å²) in [6, 6.07) is 0. The second kappa shape index (κ2) is 6.86. The Morgan fingerprint density at radius 2 is 2.35 bits per heavy atom. The summed E-state index contributed by atoms with van der Waals surface area (Å²) in [4.78, 5) is 8.56. The molecule has 0 unspecified atom stereocenters. The van der Waals surface area contributed by atoms with Crippen LogP contribution in [0.5, 0.6) is 0 Å². The molecule has 0 atom stereocenters. The molecule has 0 fully saturated rings. The Morgan fingerprint density at radius 1 is 1.59 bits per heavy atom. The first-order valence-electron chi connectivity index (χ1n) is 5.33. The fourth-order valence-corrected chi connectivity index (χ4v) is 1.34. The van der Waals surface area contributed by atoms with Crippen molar-refractivity contribution in [3.8, 4) is 0 Å². The van der Waals surface area contributed by atoms with Crippen LogP contribution in [0.25, 0.3) is 0 Å². The number of nitrogens with zero attached hydrogens (tertiary/aromatic N) is 2. The third-order valence-electron chi connectivity index (χ3n) is 2.13. The summed E-state index contributed by atoms with van der Waals surface area (Å²) in [5.74, 6) is 0. The molecule has 1 aliphatic heterocycles. The number of nitrogens with one attached hydrogen (secondary N) is 1. The first-order chi connectivity index (χ1) is 8.17. The Labute approximate surface area is 107 Å². The van der Waals surface area contributed by atoms with Gasteiger partial charge in [-0.2, -0.15) is 0 Å². The van der Waals surface area contributed by atoms with Gasteiger partial charge in [-0.05, 0) is 31.6 Å². The topological polar surface area (TPSA) is 36.8 Å². The molecule has 4 heteroatoms. The van der Waals surface area contributed by atoms with Gasteiger partial charge in [0.05, 0.1) is 11.4 Å². The highest BCUT2D eigenvalue weighted by molar-refractivity contribution is 6.69. The predicted octanol–water partition coefficient (Wildman–Crippen LogP) is 3.18. The van der Waals surface area contributed by atoms with E-state index in [1.54, 1.807) is 12.2 Å². The van der Waals surface area contributed by atoms with Crippen LogP contribution in [-0.4, -0.2) is 17.6 Å². The Kier molecular flexibility index (Phi) is 5.43. The van der Waals surface area contributed by atoms with Crippen molar-refractivity contribution in [2.24, 2.45) is 9.98 Å². The van der Waals surface area contributed by atoms with Gasteiger partial charge in [0, 0.05) is 6.20 Å². The summed E-state index contributed by atoms with van der Waals surface area (Å²) in [6.07, 6.45) is 9.13. The number of hydrogen-bond acceptors (Lipinski definition) is 3. The summed E-state index contributed by atoms with van der Waals surface area (Å²) in [6.45, 7) is 8.04. The van der Waals surface area contributed by atoms with Crippen LogP contribution in [0.3, 0.4) is 0 Å². The molecule has 0 saturated heterocycles. The number of dihydropyridines is 1. The van der Waals surface area contributed by atoms with E-state index in [4.69, 9.17) is 11.6 Å². The number of rotatable bonds is 4. The van der Waals surface area contributed by atoms with E-state index in [1.165, 1.54) is 0 Å². The molecule has 0 saturated carbocycles. The third kappa shape index (κ3) is 4.41. The van der Waals surface area contributed by atoms with Gasteiger partial charge in [0.25, 0.3) is 0 Å². The lowest BCUT2D eigenvalue weighted by Gasteiger charge is -2.07. The van der Waals surface area contributed by atoms with Gasteiger partial charge in [-0.3, -0.25) is 4.99 Å². The van der Waals surface area contributed by atoms with E-state index < -0.39 is 0 Å². The van der Waals surface area contributed by atoms with Crippen molar-refractivity contribution >= 4 is 22.5 Å². The van der Waals surface area contributed by atoms with Crippen molar-refractivity contribution < 1.29 is 0 Å². The zero-order valence-corrected chi connectivity index (χ0v) is 10.8. The van der Waals surface area contributed by atoms with Crippen LogP contribution in [-0.2, 0) is 0 Å². The predicted molar refractivity (Wildman–Crippen MR) is 75.6 cm³/mol. The highest BCUT2D eigenvalue weighted by Crippen LogP contribution is 2.10. The molecule has 0 radical (unpaired) electrons. The van der Waals surface area contributed by atoms with Crippen molar-refractivity contribution in [1.82, 2.24) is 5.32 Å². The van der Waals surface area contributed by atoms with Crippen molar-refractivity contribution in [3.05, 3.63) is 48.4 Å².